The van der Waals surface area contributed by atoms with Crippen LogP contribution in [0.4, 0.5) is 6.01 Å². The predicted molar refractivity (Wildman–Crippen MR) is 74.2 cm³/mol. The van der Waals surface area contributed by atoms with Crippen LogP contribution in [0.1, 0.15) is 37.1 Å². The first-order valence-electron chi connectivity index (χ1n) is 5.94. The van der Waals surface area contributed by atoms with Crippen LogP contribution in [-0.4, -0.2) is 17.0 Å². The minimum Gasteiger partial charge on any atom is -0.428 e. The monoisotopic (exact) mass is 265 g/mol. The van der Waals surface area contributed by atoms with Gasteiger partial charge in [0.1, 0.15) is 5.76 Å². The van der Waals surface area contributed by atoms with Gasteiger partial charge in [0.05, 0.1) is 23.9 Å². The van der Waals surface area contributed by atoms with E-state index < -0.39 is 0 Å². The van der Waals surface area contributed by atoms with Crippen molar-refractivity contribution in [3.8, 4) is 0 Å². The number of nitrogens with zero attached hydrogens (tertiary/aromatic N) is 3. The highest BCUT2D eigenvalue weighted by Crippen LogP contribution is 2.26. The molecule has 0 bridgehead atoms. The molecule has 0 atom stereocenters. The van der Waals surface area contributed by atoms with E-state index in [-0.39, 0.29) is 5.41 Å². The summed E-state index contributed by atoms with van der Waals surface area (Å²) in [5.74, 6) is 0.908. The maximum atomic E-state index is 5.80. The van der Waals surface area contributed by atoms with E-state index in [0.717, 1.165) is 18.0 Å². The van der Waals surface area contributed by atoms with Crippen LogP contribution in [0, 0.1) is 6.92 Å². The molecule has 0 saturated heterocycles. The first-order valence-corrected chi connectivity index (χ1v) is 6.82. The van der Waals surface area contributed by atoms with Gasteiger partial charge in [0.15, 0.2) is 0 Å². The van der Waals surface area contributed by atoms with Crippen molar-refractivity contribution in [1.82, 2.24) is 9.97 Å². The van der Waals surface area contributed by atoms with Crippen LogP contribution in [0.5, 0.6) is 0 Å². The Bertz CT molecular complexity index is 524. The molecule has 2 aromatic rings. The molecule has 18 heavy (non-hydrogen) atoms. The average molecular weight is 265 g/mol. The molecule has 2 heterocycles. The van der Waals surface area contributed by atoms with E-state index in [4.69, 9.17) is 4.42 Å². The van der Waals surface area contributed by atoms with Gasteiger partial charge in [-0.25, -0.2) is 9.97 Å². The number of aryl methyl sites for hydroxylation is 1. The molecule has 0 spiro atoms. The Morgan fingerprint density at radius 1 is 1.33 bits per heavy atom. The molecule has 4 nitrogen and oxygen atoms in total. The lowest BCUT2D eigenvalue weighted by Gasteiger charge is -2.16. The molecule has 2 aromatic heterocycles. The van der Waals surface area contributed by atoms with E-state index >= 15 is 0 Å². The van der Waals surface area contributed by atoms with Gasteiger partial charge in [-0.1, -0.05) is 20.8 Å². The lowest BCUT2D eigenvalue weighted by molar-refractivity contribution is 0.408. The van der Waals surface area contributed by atoms with Crippen molar-refractivity contribution in [2.75, 3.05) is 11.9 Å². The lowest BCUT2D eigenvalue weighted by Crippen LogP contribution is -2.16. The van der Waals surface area contributed by atoms with Crippen LogP contribution in [0.3, 0.4) is 0 Å². The van der Waals surface area contributed by atoms with Crippen LogP contribution in [0.15, 0.2) is 16.1 Å². The molecular formula is C13H19N3OS. The Morgan fingerprint density at radius 2 is 2.06 bits per heavy atom. The van der Waals surface area contributed by atoms with Gasteiger partial charge in [-0.2, -0.15) is 0 Å². The molecule has 0 aliphatic carbocycles. The fourth-order valence-electron chi connectivity index (χ4n) is 1.55. The molecule has 0 aliphatic heterocycles. The van der Waals surface area contributed by atoms with Crippen molar-refractivity contribution in [3.63, 3.8) is 0 Å². The third-order valence-electron chi connectivity index (χ3n) is 2.78. The third kappa shape index (κ3) is 2.72. The summed E-state index contributed by atoms with van der Waals surface area (Å²) in [6, 6.07) is 0.660. The first kappa shape index (κ1) is 13.1. The Morgan fingerprint density at radius 3 is 2.56 bits per heavy atom. The third-order valence-corrected chi connectivity index (χ3v) is 3.70. The van der Waals surface area contributed by atoms with E-state index in [1.54, 1.807) is 11.3 Å². The van der Waals surface area contributed by atoms with Crippen molar-refractivity contribution in [3.05, 3.63) is 28.0 Å². The molecule has 2 rings (SSSR count). The average Bonchev–Trinajstić information content (AvgIpc) is 2.87. The SMILES string of the molecule is Cc1ncsc1CN(C)c1ncc(C(C)(C)C)o1. The summed E-state index contributed by atoms with van der Waals surface area (Å²) < 4.78 is 5.80. The topological polar surface area (TPSA) is 42.2 Å². The van der Waals surface area contributed by atoms with Crippen molar-refractivity contribution in [2.24, 2.45) is 0 Å². The number of thiazole rings is 1. The van der Waals surface area contributed by atoms with Gasteiger partial charge < -0.3 is 9.32 Å². The fraction of sp³-hybridized carbons (Fsp3) is 0.538. The summed E-state index contributed by atoms with van der Waals surface area (Å²) in [4.78, 5) is 11.8. The molecular weight excluding hydrogens is 246 g/mol. The van der Waals surface area contributed by atoms with E-state index in [2.05, 4.69) is 30.7 Å². The molecule has 0 amide bonds. The fourth-order valence-corrected chi connectivity index (χ4v) is 2.38. The molecule has 0 aliphatic rings. The smallest absolute Gasteiger partial charge is 0.297 e. The number of oxazole rings is 1. The van der Waals surface area contributed by atoms with Crippen LogP contribution < -0.4 is 4.90 Å². The van der Waals surface area contributed by atoms with E-state index in [1.807, 2.05) is 30.6 Å². The van der Waals surface area contributed by atoms with Gasteiger partial charge in [-0.05, 0) is 6.92 Å². The second-order valence-corrected chi connectivity index (χ2v) is 6.41. The number of anilines is 1. The summed E-state index contributed by atoms with van der Waals surface area (Å²) >= 11 is 1.66. The summed E-state index contributed by atoms with van der Waals surface area (Å²) in [7, 11) is 1.98. The van der Waals surface area contributed by atoms with Crippen molar-refractivity contribution < 1.29 is 4.42 Å². The summed E-state index contributed by atoms with van der Waals surface area (Å²) in [5.41, 5.74) is 2.94. The van der Waals surface area contributed by atoms with E-state index in [0.29, 0.717) is 6.01 Å². The normalized spacial score (nSPS) is 11.8. The van der Waals surface area contributed by atoms with Crippen LogP contribution in [-0.2, 0) is 12.0 Å². The zero-order chi connectivity index (χ0) is 13.3. The summed E-state index contributed by atoms with van der Waals surface area (Å²) in [6.45, 7) is 9.15. The molecule has 0 fully saturated rings. The van der Waals surface area contributed by atoms with Gasteiger partial charge in [0, 0.05) is 17.3 Å². The summed E-state index contributed by atoms with van der Waals surface area (Å²) in [5, 5.41) is 0. The number of hydrogen-bond acceptors (Lipinski definition) is 5. The first-order chi connectivity index (χ1) is 8.38. The molecule has 0 saturated carbocycles. The maximum Gasteiger partial charge on any atom is 0.297 e. The van der Waals surface area contributed by atoms with Gasteiger partial charge >= 0.3 is 0 Å². The predicted octanol–water partition coefficient (Wildman–Crippen LogP) is 3.37. The molecule has 98 valence electrons. The minimum absolute atomic E-state index is 0.00745. The van der Waals surface area contributed by atoms with Crippen LogP contribution >= 0.6 is 11.3 Å². The number of rotatable bonds is 3. The van der Waals surface area contributed by atoms with Gasteiger partial charge in [0.25, 0.3) is 6.01 Å². The minimum atomic E-state index is -0.00745. The molecule has 0 unspecified atom stereocenters. The zero-order valence-corrected chi connectivity index (χ0v) is 12.3. The van der Waals surface area contributed by atoms with Crippen LogP contribution in [0.2, 0.25) is 0 Å². The van der Waals surface area contributed by atoms with E-state index in [9.17, 15) is 0 Å². The Hall–Kier alpha value is -1.36. The van der Waals surface area contributed by atoms with Crippen molar-refractivity contribution >= 4 is 17.4 Å². The van der Waals surface area contributed by atoms with Gasteiger partial charge in [0.2, 0.25) is 0 Å². The molecule has 0 aromatic carbocycles. The number of hydrogen-bond donors (Lipinski definition) is 0. The molecule has 5 heteroatoms. The van der Waals surface area contributed by atoms with Crippen molar-refractivity contribution in [2.45, 2.75) is 39.7 Å². The quantitative estimate of drug-likeness (QED) is 0.853. The highest BCUT2D eigenvalue weighted by Gasteiger charge is 2.20. The molecule has 0 radical (unpaired) electrons. The maximum absolute atomic E-state index is 5.80. The van der Waals surface area contributed by atoms with Gasteiger partial charge in [-0.15, -0.1) is 11.3 Å². The standard InChI is InChI=1S/C13H19N3OS/c1-9-10(18-8-15-9)7-16(5)12-14-6-11(17-12)13(2,3)4/h6,8H,7H2,1-5H3. The highest BCUT2D eigenvalue weighted by atomic mass is 32.1. The Balaban J connectivity index is 2.12. The van der Waals surface area contributed by atoms with Crippen molar-refractivity contribution in [1.29, 1.82) is 0 Å². The second kappa shape index (κ2) is 4.72. The van der Waals surface area contributed by atoms with Gasteiger partial charge in [-0.3, -0.25) is 0 Å². The number of aromatic nitrogens is 2. The van der Waals surface area contributed by atoms with Crippen LogP contribution in [0.25, 0.3) is 0 Å². The molecule has 0 N–H and O–H groups in total. The second-order valence-electron chi connectivity index (χ2n) is 5.47. The Kier molecular flexibility index (Phi) is 3.43. The largest absolute Gasteiger partial charge is 0.428 e. The highest BCUT2D eigenvalue weighted by molar-refractivity contribution is 7.09. The summed E-state index contributed by atoms with van der Waals surface area (Å²) in [6.07, 6.45) is 1.81. The zero-order valence-electron chi connectivity index (χ0n) is 11.5. The Labute approximate surface area is 112 Å². The van der Waals surface area contributed by atoms with E-state index in [1.165, 1.54) is 4.88 Å². The lowest BCUT2D eigenvalue weighted by atomic mass is 9.94.